The van der Waals surface area contributed by atoms with Crippen LogP contribution in [-0.2, 0) is 4.79 Å². The third kappa shape index (κ3) is 5.94. The Morgan fingerprint density at radius 3 is 2.06 bits per heavy atom. The number of carbonyl (C=O) groups is 1. The molecule has 0 radical (unpaired) electrons. The molecule has 0 saturated heterocycles. The van der Waals surface area contributed by atoms with E-state index in [0.29, 0.717) is 0 Å². The number of allylic oxidation sites excluding steroid dienone is 1. The molecule has 0 aliphatic heterocycles. The lowest BCUT2D eigenvalue weighted by atomic mass is 9.77. The van der Waals surface area contributed by atoms with Crippen LogP contribution in [0, 0.1) is 11.3 Å². The lowest BCUT2D eigenvalue weighted by Gasteiger charge is -2.32. The van der Waals surface area contributed by atoms with E-state index in [2.05, 4.69) is 32.7 Å². The van der Waals surface area contributed by atoms with Gasteiger partial charge in [0.1, 0.15) is 0 Å². The van der Waals surface area contributed by atoms with E-state index in [1.807, 2.05) is 26.8 Å². The first-order valence-corrected chi connectivity index (χ1v) is 6.01. The van der Waals surface area contributed by atoms with Crippen molar-refractivity contribution in [2.75, 3.05) is 0 Å². The van der Waals surface area contributed by atoms with E-state index in [0.717, 1.165) is 12.8 Å². The Morgan fingerprint density at radius 2 is 1.75 bits per heavy atom. The second-order valence-corrected chi connectivity index (χ2v) is 6.52. The van der Waals surface area contributed by atoms with Crippen LogP contribution in [0.15, 0.2) is 12.7 Å². The van der Waals surface area contributed by atoms with Crippen LogP contribution in [0.5, 0.6) is 0 Å². The summed E-state index contributed by atoms with van der Waals surface area (Å²) in [5, 5.41) is 3.06. The summed E-state index contributed by atoms with van der Waals surface area (Å²) in [4.78, 5) is 12.2. The van der Waals surface area contributed by atoms with Crippen LogP contribution in [0.1, 0.15) is 54.4 Å². The standard InChI is InChI=1S/C14H27NO/c1-8-9-10-11(13(2,3)4)12(16)15-14(5,6)7/h8,11H,1,9-10H2,2-7H3,(H,15,16). The molecular formula is C14H27NO. The first-order valence-electron chi connectivity index (χ1n) is 6.01. The van der Waals surface area contributed by atoms with E-state index in [4.69, 9.17) is 0 Å². The number of carbonyl (C=O) groups excluding carboxylic acids is 1. The third-order valence-corrected chi connectivity index (χ3v) is 2.52. The zero-order valence-electron chi connectivity index (χ0n) is 11.7. The Morgan fingerprint density at radius 1 is 1.25 bits per heavy atom. The average molecular weight is 225 g/mol. The Balaban J connectivity index is 4.64. The lowest BCUT2D eigenvalue weighted by Crippen LogP contribution is -2.46. The van der Waals surface area contributed by atoms with Crippen molar-refractivity contribution in [3.63, 3.8) is 0 Å². The molecule has 1 atom stereocenters. The molecule has 0 fully saturated rings. The monoisotopic (exact) mass is 225 g/mol. The van der Waals surface area contributed by atoms with Gasteiger partial charge in [-0.1, -0.05) is 26.8 Å². The normalized spacial score (nSPS) is 14.4. The van der Waals surface area contributed by atoms with Crippen molar-refractivity contribution in [1.29, 1.82) is 0 Å². The molecule has 0 rings (SSSR count). The van der Waals surface area contributed by atoms with E-state index in [9.17, 15) is 4.79 Å². The molecule has 94 valence electrons. The van der Waals surface area contributed by atoms with E-state index < -0.39 is 0 Å². The van der Waals surface area contributed by atoms with E-state index in [-0.39, 0.29) is 22.8 Å². The van der Waals surface area contributed by atoms with Crippen molar-refractivity contribution < 1.29 is 4.79 Å². The molecule has 2 nitrogen and oxygen atoms in total. The van der Waals surface area contributed by atoms with E-state index in [1.165, 1.54) is 0 Å². The van der Waals surface area contributed by atoms with Gasteiger partial charge in [0, 0.05) is 11.5 Å². The topological polar surface area (TPSA) is 29.1 Å². The van der Waals surface area contributed by atoms with Crippen LogP contribution in [-0.4, -0.2) is 11.4 Å². The Bertz CT molecular complexity index is 242. The smallest absolute Gasteiger partial charge is 0.224 e. The molecule has 2 heteroatoms. The Hall–Kier alpha value is -0.790. The van der Waals surface area contributed by atoms with Gasteiger partial charge in [0.15, 0.2) is 0 Å². The van der Waals surface area contributed by atoms with Crippen molar-refractivity contribution in [2.45, 2.75) is 59.9 Å². The van der Waals surface area contributed by atoms with Crippen molar-refractivity contribution in [3.8, 4) is 0 Å². The summed E-state index contributed by atoms with van der Waals surface area (Å²) in [5.41, 5.74) is -0.160. The SMILES string of the molecule is C=CCCC(C(=O)NC(C)(C)C)C(C)(C)C. The Labute approximate surface area is 101 Å². The van der Waals surface area contributed by atoms with E-state index >= 15 is 0 Å². The van der Waals surface area contributed by atoms with Crippen LogP contribution >= 0.6 is 0 Å². The fraction of sp³-hybridized carbons (Fsp3) is 0.786. The lowest BCUT2D eigenvalue weighted by molar-refractivity contribution is -0.130. The molecular weight excluding hydrogens is 198 g/mol. The van der Waals surface area contributed by atoms with Gasteiger partial charge in [-0.25, -0.2) is 0 Å². The first-order chi connectivity index (χ1) is 7.08. The minimum Gasteiger partial charge on any atom is -0.351 e. The van der Waals surface area contributed by atoms with Gasteiger partial charge in [-0.15, -0.1) is 6.58 Å². The van der Waals surface area contributed by atoms with Crippen LogP contribution < -0.4 is 5.32 Å². The average Bonchev–Trinajstić information content (AvgIpc) is 1.98. The minimum atomic E-state index is -0.158. The number of hydrogen-bond acceptors (Lipinski definition) is 1. The molecule has 0 aromatic heterocycles. The largest absolute Gasteiger partial charge is 0.351 e. The molecule has 1 amide bonds. The molecule has 0 aliphatic rings. The number of rotatable bonds is 4. The Kier molecular flexibility index (Phi) is 5.24. The van der Waals surface area contributed by atoms with Gasteiger partial charge in [0.2, 0.25) is 5.91 Å². The highest BCUT2D eigenvalue weighted by atomic mass is 16.2. The molecule has 0 aliphatic carbocycles. The van der Waals surface area contributed by atoms with Crippen molar-refractivity contribution in [2.24, 2.45) is 11.3 Å². The molecule has 0 spiro atoms. The van der Waals surface area contributed by atoms with Gasteiger partial charge in [-0.2, -0.15) is 0 Å². The maximum atomic E-state index is 12.2. The summed E-state index contributed by atoms with van der Waals surface area (Å²) in [6.07, 6.45) is 3.64. The highest BCUT2D eigenvalue weighted by Crippen LogP contribution is 2.30. The summed E-state index contributed by atoms with van der Waals surface area (Å²) in [5.74, 6) is 0.201. The van der Waals surface area contributed by atoms with Gasteiger partial charge in [0.25, 0.3) is 0 Å². The van der Waals surface area contributed by atoms with Gasteiger partial charge in [-0.3, -0.25) is 4.79 Å². The molecule has 0 aromatic carbocycles. The van der Waals surface area contributed by atoms with Gasteiger partial charge in [-0.05, 0) is 39.0 Å². The molecule has 0 bridgehead atoms. The summed E-state index contributed by atoms with van der Waals surface area (Å²) in [6, 6.07) is 0. The van der Waals surface area contributed by atoms with Crippen LogP contribution in [0.2, 0.25) is 0 Å². The van der Waals surface area contributed by atoms with Gasteiger partial charge in [0.05, 0.1) is 0 Å². The van der Waals surface area contributed by atoms with Crippen molar-refractivity contribution in [3.05, 3.63) is 12.7 Å². The predicted octanol–water partition coefficient (Wildman–Crippen LogP) is 3.53. The fourth-order valence-corrected chi connectivity index (χ4v) is 1.70. The summed E-state index contributed by atoms with van der Waals surface area (Å²) in [7, 11) is 0. The molecule has 16 heavy (non-hydrogen) atoms. The van der Waals surface area contributed by atoms with Gasteiger partial charge < -0.3 is 5.32 Å². The quantitative estimate of drug-likeness (QED) is 0.729. The van der Waals surface area contributed by atoms with Crippen LogP contribution in [0.3, 0.4) is 0 Å². The molecule has 0 aromatic rings. The predicted molar refractivity (Wildman–Crippen MR) is 70.3 cm³/mol. The number of nitrogens with one attached hydrogen (secondary N) is 1. The molecule has 1 unspecified atom stereocenters. The highest BCUT2D eigenvalue weighted by Gasteiger charge is 2.32. The highest BCUT2D eigenvalue weighted by molar-refractivity contribution is 5.80. The van der Waals surface area contributed by atoms with Crippen LogP contribution in [0.4, 0.5) is 0 Å². The minimum absolute atomic E-state index is 0.00164. The van der Waals surface area contributed by atoms with Gasteiger partial charge >= 0.3 is 0 Å². The van der Waals surface area contributed by atoms with Crippen molar-refractivity contribution in [1.82, 2.24) is 5.32 Å². The van der Waals surface area contributed by atoms with Crippen LogP contribution in [0.25, 0.3) is 0 Å². The van der Waals surface area contributed by atoms with E-state index in [1.54, 1.807) is 0 Å². The fourth-order valence-electron chi connectivity index (χ4n) is 1.70. The van der Waals surface area contributed by atoms with Crippen molar-refractivity contribution >= 4 is 5.91 Å². The molecule has 0 saturated carbocycles. The molecule has 0 heterocycles. The summed E-state index contributed by atoms with van der Waals surface area (Å²) in [6.45, 7) is 16.1. The second-order valence-electron chi connectivity index (χ2n) is 6.52. The number of hydrogen-bond donors (Lipinski definition) is 1. The first kappa shape index (κ1) is 15.2. The third-order valence-electron chi connectivity index (χ3n) is 2.52. The zero-order valence-corrected chi connectivity index (χ0v) is 11.7. The second kappa shape index (κ2) is 5.51. The maximum absolute atomic E-state index is 12.2. The summed E-state index contributed by atoms with van der Waals surface area (Å²) >= 11 is 0. The summed E-state index contributed by atoms with van der Waals surface area (Å²) < 4.78 is 0. The molecule has 1 N–H and O–H groups in total. The zero-order chi connectivity index (χ0) is 13.0. The number of amides is 1. The maximum Gasteiger partial charge on any atom is 0.224 e.